The number of rotatable bonds is 2. The number of likely N-dealkylation sites (tertiary alicyclic amines) is 1. The van der Waals surface area contributed by atoms with Gasteiger partial charge in [-0.1, -0.05) is 6.07 Å². The Hall–Kier alpha value is -2.67. The van der Waals surface area contributed by atoms with Crippen LogP contribution in [0, 0.1) is 5.82 Å². The van der Waals surface area contributed by atoms with Crippen molar-refractivity contribution < 1.29 is 18.4 Å². The molecule has 0 saturated carbocycles. The van der Waals surface area contributed by atoms with E-state index in [9.17, 15) is 14.0 Å². The monoisotopic (exact) mass is 357 g/mol. The van der Waals surface area contributed by atoms with Crippen LogP contribution in [0.25, 0.3) is 0 Å². The van der Waals surface area contributed by atoms with E-state index in [-0.39, 0.29) is 29.7 Å². The lowest BCUT2D eigenvalue weighted by Crippen LogP contribution is -2.64. The Balaban J connectivity index is 1.57. The molecule has 6 nitrogen and oxygen atoms in total. The highest BCUT2D eigenvalue weighted by atomic mass is 19.1. The van der Waals surface area contributed by atoms with Crippen molar-refractivity contribution in [2.24, 2.45) is 0 Å². The Morgan fingerprint density at radius 2 is 2.12 bits per heavy atom. The number of benzene rings is 1. The van der Waals surface area contributed by atoms with Gasteiger partial charge in [-0.3, -0.25) is 14.5 Å². The van der Waals surface area contributed by atoms with Crippen LogP contribution < -0.4 is 4.90 Å². The van der Waals surface area contributed by atoms with Gasteiger partial charge in [-0.15, -0.1) is 0 Å². The maximum Gasteiger partial charge on any atom is 0.257 e. The van der Waals surface area contributed by atoms with E-state index in [4.69, 9.17) is 4.42 Å². The molecule has 4 rings (SSSR count). The molecule has 0 aliphatic carbocycles. The fraction of sp³-hybridized carbons (Fsp3) is 0.368. The van der Waals surface area contributed by atoms with Gasteiger partial charge in [0.15, 0.2) is 0 Å². The van der Waals surface area contributed by atoms with E-state index in [2.05, 4.69) is 0 Å². The maximum absolute atomic E-state index is 13.6. The molecule has 1 aromatic heterocycles. The second kappa shape index (κ2) is 6.25. The van der Waals surface area contributed by atoms with Crippen molar-refractivity contribution in [3.05, 3.63) is 54.2 Å². The summed E-state index contributed by atoms with van der Waals surface area (Å²) >= 11 is 0. The fourth-order valence-corrected chi connectivity index (χ4v) is 3.88. The van der Waals surface area contributed by atoms with Gasteiger partial charge in [0.2, 0.25) is 5.91 Å². The van der Waals surface area contributed by atoms with Gasteiger partial charge in [0.25, 0.3) is 5.91 Å². The predicted octanol–water partition coefficient (Wildman–Crippen LogP) is 1.98. The molecule has 1 spiro atoms. The molecule has 2 saturated heterocycles. The zero-order valence-corrected chi connectivity index (χ0v) is 14.5. The molecule has 0 radical (unpaired) electrons. The van der Waals surface area contributed by atoms with Crippen LogP contribution in [-0.4, -0.2) is 60.4 Å². The molecule has 1 aromatic carbocycles. The lowest BCUT2D eigenvalue weighted by Gasteiger charge is -2.46. The Bertz CT molecular complexity index is 838. The summed E-state index contributed by atoms with van der Waals surface area (Å²) in [6, 6.07) is 7.73. The fourth-order valence-electron chi connectivity index (χ4n) is 3.88. The molecule has 0 unspecified atom stereocenters. The molecule has 2 fully saturated rings. The summed E-state index contributed by atoms with van der Waals surface area (Å²) in [4.78, 5) is 30.6. The van der Waals surface area contributed by atoms with Crippen LogP contribution in [0.15, 0.2) is 47.3 Å². The molecular weight excluding hydrogens is 337 g/mol. The second-order valence-electron chi connectivity index (χ2n) is 7.03. The second-order valence-corrected chi connectivity index (χ2v) is 7.03. The van der Waals surface area contributed by atoms with Crippen molar-refractivity contribution in [3.8, 4) is 0 Å². The normalized spacial score (nSPS) is 23.8. The van der Waals surface area contributed by atoms with Crippen molar-refractivity contribution in [1.82, 2.24) is 9.80 Å². The molecule has 0 N–H and O–H groups in total. The van der Waals surface area contributed by atoms with Crippen molar-refractivity contribution >= 4 is 17.5 Å². The van der Waals surface area contributed by atoms with E-state index in [0.717, 1.165) is 6.42 Å². The van der Waals surface area contributed by atoms with Crippen molar-refractivity contribution in [2.75, 3.05) is 38.1 Å². The van der Waals surface area contributed by atoms with Gasteiger partial charge in [-0.25, -0.2) is 4.39 Å². The standard InChI is InChI=1S/C19H20FN3O3/c1-21-10-17(24)23(16-4-2-3-15(20)9-16)13-19(21)6-7-22(12-19)18(25)14-5-8-26-11-14/h2-5,8-9,11H,6-7,10,12-13H2,1H3/t19-/m0/s1. The lowest BCUT2D eigenvalue weighted by molar-refractivity contribution is -0.123. The molecule has 26 heavy (non-hydrogen) atoms. The molecule has 0 bridgehead atoms. The van der Waals surface area contributed by atoms with E-state index in [1.165, 1.54) is 24.7 Å². The Morgan fingerprint density at radius 3 is 2.85 bits per heavy atom. The third kappa shape index (κ3) is 2.78. The summed E-state index contributed by atoms with van der Waals surface area (Å²) in [6.07, 6.45) is 3.68. The number of hydrogen-bond acceptors (Lipinski definition) is 4. The minimum absolute atomic E-state index is 0.0664. The highest BCUT2D eigenvalue weighted by Gasteiger charge is 2.48. The summed E-state index contributed by atoms with van der Waals surface area (Å²) in [5.74, 6) is -0.506. The van der Waals surface area contributed by atoms with Crippen LogP contribution in [0.4, 0.5) is 10.1 Å². The van der Waals surface area contributed by atoms with E-state index in [1.807, 2.05) is 11.9 Å². The quantitative estimate of drug-likeness (QED) is 0.825. The van der Waals surface area contributed by atoms with E-state index >= 15 is 0 Å². The summed E-state index contributed by atoms with van der Waals surface area (Å²) in [6.45, 7) is 1.80. The molecule has 3 heterocycles. The number of anilines is 1. The minimum atomic E-state index is -0.369. The summed E-state index contributed by atoms with van der Waals surface area (Å²) < 4.78 is 18.6. The number of likely N-dealkylation sites (N-methyl/N-ethyl adjacent to an activating group) is 1. The Morgan fingerprint density at radius 1 is 1.27 bits per heavy atom. The van der Waals surface area contributed by atoms with Crippen molar-refractivity contribution in [2.45, 2.75) is 12.0 Å². The van der Waals surface area contributed by atoms with E-state index in [1.54, 1.807) is 28.0 Å². The Labute approximate surface area is 150 Å². The van der Waals surface area contributed by atoms with Crippen LogP contribution in [0.3, 0.4) is 0 Å². The van der Waals surface area contributed by atoms with Gasteiger partial charge in [-0.2, -0.15) is 0 Å². The zero-order chi connectivity index (χ0) is 18.3. The average molecular weight is 357 g/mol. The van der Waals surface area contributed by atoms with Crippen LogP contribution in [0.1, 0.15) is 16.8 Å². The number of nitrogens with zero attached hydrogens (tertiary/aromatic N) is 3. The number of furan rings is 1. The van der Waals surface area contributed by atoms with Crippen LogP contribution in [-0.2, 0) is 4.79 Å². The molecule has 136 valence electrons. The van der Waals surface area contributed by atoms with E-state index in [0.29, 0.717) is 30.9 Å². The topological polar surface area (TPSA) is 57.0 Å². The van der Waals surface area contributed by atoms with Crippen LogP contribution in [0.5, 0.6) is 0 Å². The van der Waals surface area contributed by atoms with Gasteiger partial charge in [0.05, 0.1) is 23.9 Å². The lowest BCUT2D eigenvalue weighted by atomic mass is 9.92. The largest absolute Gasteiger partial charge is 0.472 e. The highest BCUT2D eigenvalue weighted by molar-refractivity contribution is 5.96. The first-order chi connectivity index (χ1) is 12.5. The first kappa shape index (κ1) is 16.8. The smallest absolute Gasteiger partial charge is 0.257 e. The third-order valence-corrected chi connectivity index (χ3v) is 5.44. The summed E-state index contributed by atoms with van der Waals surface area (Å²) in [5, 5.41) is 0. The molecule has 2 aliphatic rings. The summed E-state index contributed by atoms with van der Waals surface area (Å²) in [7, 11) is 1.91. The average Bonchev–Trinajstić information content (AvgIpc) is 3.29. The highest BCUT2D eigenvalue weighted by Crippen LogP contribution is 2.34. The van der Waals surface area contributed by atoms with Gasteiger partial charge >= 0.3 is 0 Å². The van der Waals surface area contributed by atoms with Crippen LogP contribution in [0.2, 0.25) is 0 Å². The molecule has 2 aromatic rings. The van der Waals surface area contributed by atoms with Crippen molar-refractivity contribution in [3.63, 3.8) is 0 Å². The number of halogens is 1. The number of carbonyl (C=O) groups is 2. The minimum Gasteiger partial charge on any atom is -0.472 e. The van der Waals surface area contributed by atoms with Crippen molar-refractivity contribution in [1.29, 1.82) is 0 Å². The predicted molar refractivity (Wildman–Crippen MR) is 93.3 cm³/mol. The summed E-state index contributed by atoms with van der Waals surface area (Å²) in [5.41, 5.74) is 0.750. The van der Waals surface area contributed by atoms with Crippen LogP contribution >= 0.6 is 0 Å². The first-order valence-corrected chi connectivity index (χ1v) is 8.57. The SMILES string of the molecule is CN1CC(=O)N(c2cccc(F)c2)C[C@@]12CCN(C(=O)c1ccoc1)C2. The Kier molecular flexibility index (Phi) is 4.03. The van der Waals surface area contributed by atoms with Gasteiger partial charge < -0.3 is 14.2 Å². The number of carbonyl (C=O) groups excluding carboxylic acids is 2. The van der Waals surface area contributed by atoms with E-state index < -0.39 is 0 Å². The number of piperazine rings is 1. The molecule has 7 heteroatoms. The first-order valence-electron chi connectivity index (χ1n) is 8.57. The number of amides is 2. The third-order valence-electron chi connectivity index (χ3n) is 5.44. The van der Waals surface area contributed by atoms with Gasteiger partial charge in [-0.05, 0) is 37.7 Å². The molecular formula is C19H20FN3O3. The number of hydrogen-bond donors (Lipinski definition) is 0. The molecule has 1 atom stereocenters. The zero-order valence-electron chi connectivity index (χ0n) is 14.5. The van der Waals surface area contributed by atoms with Gasteiger partial charge in [0, 0.05) is 25.3 Å². The van der Waals surface area contributed by atoms with Gasteiger partial charge in [0.1, 0.15) is 12.1 Å². The molecule has 2 aliphatic heterocycles. The maximum atomic E-state index is 13.6. The molecule has 2 amide bonds.